The summed E-state index contributed by atoms with van der Waals surface area (Å²) >= 11 is 0. The molecule has 4 nitrogen and oxygen atoms in total. The number of rotatable bonds is 4. The molecular formula is C12H16O4. The molecule has 0 N–H and O–H groups in total. The van der Waals surface area contributed by atoms with Crippen molar-refractivity contribution in [1.82, 2.24) is 0 Å². The van der Waals surface area contributed by atoms with Crippen molar-refractivity contribution in [2.45, 2.75) is 49.7 Å². The van der Waals surface area contributed by atoms with Crippen molar-refractivity contribution >= 4 is 12.9 Å². The Balaban J connectivity index is 1.90. The maximum Gasteiger partial charge on any atom is 0.293 e. The van der Waals surface area contributed by atoms with Crippen molar-refractivity contribution in [1.29, 1.82) is 0 Å². The molecule has 16 heavy (non-hydrogen) atoms. The molecule has 0 atom stereocenters. The summed E-state index contributed by atoms with van der Waals surface area (Å²) in [4.78, 5) is 21.2. The van der Waals surface area contributed by atoms with E-state index >= 15 is 0 Å². The van der Waals surface area contributed by atoms with E-state index in [1.54, 1.807) is 0 Å². The molecule has 4 rings (SSSR count). The topological polar surface area (TPSA) is 52.6 Å². The van der Waals surface area contributed by atoms with Gasteiger partial charge in [-0.05, 0) is 43.9 Å². The zero-order valence-corrected chi connectivity index (χ0v) is 9.19. The van der Waals surface area contributed by atoms with Gasteiger partial charge >= 0.3 is 0 Å². The Morgan fingerprint density at radius 3 is 1.69 bits per heavy atom. The van der Waals surface area contributed by atoms with Crippen molar-refractivity contribution < 1.29 is 19.1 Å². The first-order chi connectivity index (χ1) is 7.69. The molecule has 0 aromatic carbocycles. The second-order valence-corrected chi connectivity index (χ2v) is 5.76. The molecule has 4 bridgehead atoms. The number of hydrogen-bond donors (Lipinski definition) is 0. The van der Waals surface area contributed by atoms with Crippen LogP contribution in [-0.4, -0.2) is 24.1 Å². The highest BCUT2D eigenvalue weighted by molar-refractivity contribution is 5.41. The molecule has 0 aromatic rings. The van der Waals surface area contributed by atoms with Crippen LogP contribution in [0.15, 0.2) is 0 Å². The van der Waals surface area contributed by atoms with E-state index in [0.717, 1.165) is 25.7 Å². The lowest BCUT2D eigenvalue weighted by Gasteiger charge is -2.59. The molecule has 0 spiro atoms. The van der Waals surface area contributed by atoms with Gasteiger partial charge < -0.3 is 9.47 Å². The Kier molecular flexibility index (Phi) is 2.03. The second-order valence-electron chi connectivity index (χ2n) is 5.76. The molecule has 4 heteroatoms. The fourth-order valence-corrected chi connectivity index (χ4v) is 4.58. The molecular weight excluding hydrogens is 208 g/mol. The monoisotopic (exact) mass is 224 g/mol. The molecule has 0 amide bonds. The van der Waals surface area contributed by atoms with Crippen LogP contribution in [0.1, 0.15) is 38.5 Å². The molecule has 0 heterocycles. The van der Waals surface area contributed by atoms with Crippen LogP contribution >= 0.6 is 0 Å². The maximum absolute atomic E-state index is 10.6. The third-order valence-electron chi connectivity index (χ3n) is 4.55. The fourth-order valence-electron chi connectivity index (χ4n) is 4.58. The Bertz CT molecular complexity index is 283. The number of hydrogen-bond acceptors (Lipinski definition) is 4. The summed E-state index contributed by atoms with van der Waals surface area (Å²) in [6.45, 7) is 1.11. The lowest BCUT2D eigenvalue weighted by Crippen LogP contribution is -2.60. The molecule has 4 aliphatic carbocycles. The smallest absolute Gasteiger partial charge is 0.293 e. The molecule has 0 aromatic heterocycles. The Labute approximate surface area is 94.3 Å². The van der Waals surface area contributed by atoms with E-state index in [2.05, 4.69) is 0 Å². The predicted molar refractivity (Wildman–Crippen MR) is 54.4 cm³/mol. The molecule has 0 unspecified atom stereocenters. The van der Waals surface area contributed by atoms with Crippen LogP contribution in [0.3, 0.4) is 0 Å². The summed E-state index contributed by atoms with van der Waals surface area (Å²) in [6, 6.07) is 0. The largest absolute Gasteiger partial charge is 0.461 e. The SMILES string of the molecule is O=COC12CC3CC(C1)CC(OC=O)(C3)C2. The van der Waals surface area contributed by atoms with Gasteiger partial charge in [-0.3, -0.25) is 9.59 Å². The Morgan fingerprint density at radius 2 is 1.31 bits per heavy atom. The van der Waals surface area contributed by atoms with Crippen LogP contribution in [-0.2, 0) is 19.1 Å². The van der Waals surface area contributed by atoms with Gasteiger partial charge in [0.2, 0.25) is 0 Å². The number of carbonyl (C=O) groups excluding carboxylic acids is 2. The zero-order valence-electron chi connectivity index (χ0n) is 9.19. The molecule has 0 radical (unpaired) electrons. The van der Waals surface area contributed by atoms with E-state index in [0.29, 0.717) is 31.2 Å². The number of ether oxygens (including phenoxy) is 2. The minimum absolute atomic E-state index is 0.338. The van der Waals surface area contributed by atoms with Crippen molar-refractivity contribution in [3.05, 3.63) is 0 Å². The zero-order chi connectivity index (χ0) is 11.2. The summed E-state index contributed by atoms with van der Waals surface area (Å²) in [5, 5.41) is 0. The standard InChI is InChI=1S/C12H16O4/c13-7-15-11-2-9-1-10(4-11)5-12(3-9,6-11)16-8-14/h7-10H,1-6H2. The summed E-state index contributed by atoms with van der Waals surface area (Å²) in [5.41, 5.74) is -0.677. The second kappa shape index (κ2) is 3.22. The maximum atomic E-state index is 10.6. The van der Waals surface area contributed by atoms with Gasteiger partial charge in [-0.1, -0.05) is 0 Å². The minimum atomic E-state index is -0.338. The van der Waals surface area contributed by atoms with E-state index < -0.39 is 0 Å². The lowest BCUT2D eigenvalue weighted by molar-refractivity contribution is -0.219. The van der Waals surface area contributed by atoms with Gasteiger partial charge in [0.15, 0.2) is 0 Å². The van der Waals surface area contributed by atoms with Gasteiger partial charge in [0, 0.05) is 6.42 Å². The Hall–Kier alpha value is -1.06. The molecule has 88 valence electrons. The van der Waals surface area contributed by atoms with Crippen LogP contribution < -0.4 is 0 Å². The van der Waals surface area contributed by atoms with Crippen LogP contribution in [0.4, 0.5) is 0 Å². The molecule has 4 aliphatic rings. The molecule has 4 fully saturated rings. The normalized spacial score (nSPS) is 48.8. The first-order valence-electron chi connectivity index (χ1n) is 5.92. The highest BCUT2D eigenvalue weighted by Crippen LogP contribution is 2.59. The highest BCUT2D eigenvalue weighted by atomic mass is 16.6. The quantitative estimate of drug-likeness (QED) is 0.678. The average molecular weight is 224 g/mol. The van der Waals surface area contributed by atoms with Crippen molar-refractivity contribution in [2.24, 2.45) is 11.8 Å². The van der Waals surface area contributed by atoms with Gasteiger partial charge in [-0.15, -0.1) is 0 Å². The predicted octanol–water partition coefficient (Wildman–Crippen LogP) is 1.42. The van der Waals surface area contributed by atoms with E-state index in [-0.39, 0.29) is 11.2 Å². The fraction of sp³-hybridized carbons (Fsp3) is 0.833. The third kappa shape index (κ3) is 1.35. The molecule has 4 saturated carbocycles. The first kappa shape index (κ1) is 10.1. The van der Waals surface area contributed by atoms with Crippen LogP contribution in [0.25, 0.3) is 0 Å². The van der Waals surface area contributed by atoms with Crippen LogP contribution in [0.5, 0.6) is 0 Å². The van der Waals surface area contributed by atoms with E-state index in [1.807, 2.05) is 0 Å². The van der Waals surface area contributed by atoms with E-state index in [4.69, 9.17) is 9.47 Å². The van der Waals surface area contributed by atoms with E-state index in [1.165, 1.54) is 6.42 Å². The first-order valence-corrected chi connectivity index (χ1v) is 5.92. The molecule has 0 saturated heterocycles. The summed E-state index contributed by atoms with van der Waals surface area (Å²) < 4.78 is 10.7. The molecule has 0 aliphatic heterocycles. The number of carbonyl (C=O) groups is 2. The highest BCUT2D eigenvalue weighted by Gasteiger charge is 2.60. The van der Waals surface area contributed by atoms with Crippen molar-refractivity contribution in [2.75, 3.05) is 0 Å². The third-order valence-corrected chi connectivity index (χ3v) is 4.55. The lowest BCUT2D eigenvalue weighted by atomic mass is 9.52. The summed E-state index contributed by atoms with van der Waals surface area (Å²) in [5.74, 6) is 1.11. The average Bonchev–Trinajstić information content (AvgIpc) is 2.14. The summed E-state index contributed by atoms with van der Waals surface area (Å²) in [6.07, 6.45) is 5.70. The van der Waals surface area contributed by atoms with Gasteiger partial charge in [0.1, 0.15) is 11.2 Å². The van der Waals surface area contributed by atoms with Gasteiger partial charge in [-0.25, -0.2) is 0 Å². The van der Waals surface area contributed by atoms with Crippen molar-refractivity contribution in [3.8, 4) is 0 Å². The van der Waals surface area contributed by atoms with Gasteiger partial charge in [0.25, 0.3) is 12.9 Å². The van der Waals surface area contributed by atoms with Crippen LogP contribution in [0.2, 0.25) is 0 Å². The van der Waals surface area contributed by atoms with Gasteiger partial charge in [-0.2, -0.15) is 0 Å². The minimum Gasteiger partial charge on any atom is -0.461 e. The van der Waals surface area contributed by atoms with E-state index in [9.17, 15) is 9.59 Å². The van der Waals surface area contributed by atoms with Gasteiger partial charge in [0.05, 0.1) is 0 Å². The summed E-state index contributed by atoms with van der Waals surface area (Å²) in [7, 11) is 0. The van der Waals surface area contributed by atoms with Crippen molar-refractivity contribution in [3.63, 3.8) is 0 Å². The van der Waals surface area contributed by atoms with Crippen LogP contribution in [0, 0.1) is 11.8 Å². The Morgan fingerprint density at radius 1 is 0.875 bits per heavy atom.